The number of rotatable bonds is 3. The molecular formula is C24H24FN5O. The van der Waals surface area contributed by atoms with Gasteiger partial charge in [0.25, 0.3) is 0 Å². The van der Waals surface area contributed by atoms with Gasteiger partial charge in [-0.1, -0.05) is 6.58 Å². The Bertz CT molecular complexity index is 1080. The maximum Gasteiger partial charge on any atom is 0.140 e. The van der Waals surface area contributed by atoms with Crippen LogP contribution in [-0.4, -0.2) is 48.6 Å². The third-order valence-electron chi connectivity index (χ3n) is 5.62. The number of amidine groups is 1. The van der Waals surface area contributed by atoms with Gasteiger partial charge in [0.2, 0.25) is 0 Å². The van der Waals surface area contributed by atoms with Gasteiger partial charge in [-0.05, 0) is 43.7 Å². The van der Waals surface area contributed by atoms with Crippen molar-refractivity contribution in [3.8, 4) is 6.07 Å². The molecule has 1 aromatic heterocycles. The SMILES string of the molecule is C=C1/C(=C(\N=C(/C)N2CCOCC2)c2ccc(F)c(C#N)c2)CCN1c1ccncc1. The largest absolute Gasteiger partial charge is 0.378 e. The van der Waals surface area contributed by atoms with Crippen LogP contribution in [0.15, 0.2) is 65.6 Å². The highest BCUT2D eigenvalue weighted by atomic mass is 19.1. The number of nitrogens with zero attached hydrogens (tertiary/aromatic N) is 5. The van der Waals surface area contributed by atoms with Gasteiger partial charge in [0.05, 0.1) is 24.5 Å². The van der Waals surface area contributed by atoms with Crippen LogP contribution in [-0.2, 0) is 4.74 Å². The van der Waals surface area contributed by atoms with E-state index in [0.717, 1.165) is 54.5 Å². The number of ether oxygens (including phenoxy) is 1. The molecule has 1 aromatic carbocycles. The molecule has 0 N–H and O–H groups in total. The highest BCUT2D eigenvalue weighted by molar-refractivity contribution is 5.89. The van der Waals surface area contributed by atoms with E-state index in [2.05, 4.69) is 21.4 Å². The predicted octanol–water partition coefficient (Wildman–Crippen LogP) is 3.98. The molecule has 0 bridgehead atoms. The zero-order valence-electron chi connectivity index (χ0n) is 17.5. The molecular weight excluding hydrogens is 393 g/mol. The first-order chi connectivity index (χ1) is 15.1. The third kappa shape index (κ3) is 4.35. The Hall–Kier alpha value is -3.50. The molecule has 0 atom stereocenters. The Morgan fingerprint density at radius 2 is 1.94 bits per heavy atom. The zero-order valence-corrected chi connectivity index (χ0v) is 17.5. The molecule has 0 saturated carbocycles. The molecule has 2 saturated heterocycles. The average Bonchev–Trinajstić information content (AvgIpc) is 3.20. The van der Waals surface area contributed by atoms with Crippen LogP contribution in [0.2, 0.25) is 0 Å². The van der Waals surface area contributed by atoms with Crippen molar-refractivity contribution in [3.05, 3.63) is 77.5 Å². The molecule has 7 heteroatoms. The molecule has 2 fully saturated rings. The Kier molecular flexibility index (Phi) is 6.10. The lowest BCUT2D eigenvalue weighted by atomic mass is 10.0. The van der Waals surface area contributed by atoms with E-state index in [-0.39, 0.29) is 5.56 Å². The zero-order chi connectivity index (χ0) is 21.8. The second-order valence-electron chi connectivity index (χ2n) is 7.45. The number of aliphatic imine (C=N–C) groups is 1. The summed E-state index contributed by atoms with van der Waals surface area (Å²) >= 11 is 0. The van der Waals surface area contributed by atoms with Crippen molar-refractivity contribution in [2.45, 2.75) is 13.3 Å². The number of morpholine rings is 1. The Labute approximate surface area is 181 Å². The quantitative estimate of drug-likeness (QED) is 0.558. The number of halogens is 1. The van der Waals surface area contributed by atoms with Crippen LogP contribution in [0.1, 0.15) is 24.5 Å². The number of pyridine rings is 1. The van der Waals surface area contributed by atoms with Gasteiger partial charge in [0.15, 0.2) is 0 Å². The summed E-state index contributed by atoms with van der Waals surface area (Å²) in [7, 11) is 0. The van der Waals surface area contributed by atoms with Gasteiger partial charge in [-0.3, -0.25) is 4.98 Å². The number of nitriles is 1. The minimum Gasteiger partial charge on any atom is -0.378 e. The van der Waals surface area contributed by atoms with Crippen LogP contribution < -0.4 is 4.90 Å². The maximum absolute atomic E-state index is 14.0. The molecule has 158 valence electrons. The van der Waals surface area contributed by atoms with E-state index in [9.17, 15) is 9.65 Å². The first-order valence-electron chi connectivity index (χ1n) is 10.3. The normalized spacial score (nSPS) is 18.9. The Balaban J connectivity index is 1.79. The Morgan fingerprint density at radius 1 is 1.19 bits per heavy atom. The van der Waals surface area contributed by atoms with E-state index in [1.165, 1.54) is 6.07 Å². The summed E-state index contributed by atoms with van der Waals surface area (Å²) in [6.07, 6.45) is 4.26. The second-order valence-corrected chi connectivity index (χ2v) is 7.45. The molecule has 0 radical (unpaired) electrons. The fourth-order valence-electron chi connectivity index (χ4n) is 3.91. The van der Waals surface area contributed by atoms with Crippen LogP contribution in [0.25, 0.3) is 5.70 Å². The molecule has 0 aliphatic carbocycles. The molecule has 2 aliphatic heterocycles. The van der Waals surface area contributed by atoms with E-state index in [4.69, 9.17) is 9.73 Å². The lowest BCUT2D eigenvalue weighted by Crippen LogP contribution is -2.39. The monoisotopic (exact) mass is 417 g/mol. The molecule has 4 rings (SSSR count). The minimum absolute atomic E-state index is 0.00410. The van der Waals surface area contributed by atoms with Crippen LogP contribution in [0.4, 0.5) is 10.1 Å². The van der Waals surface area contributed by atoms with Gasteiger partial charge >= 0.3 is 0 Å². The Morgan fingerprint density at radius 3 is 2.65 bits per heavy atom. The molecule has 0 unspecified atom stereocenters. The predicted molar refractivity (Wildman–Crippen MR) is 119 cm³/mol. The summed E-state index contributed by atoms with van der Waals surface area (Å²) in [4.78, 5) is 13.4. The van der Waals surface area contributed by atoms with Crippen LogP contribution >= 0.6 is 0 Å². The number of hydrogen-bond donors (Lipinski definition) is 0. The molecule has 0 spiro atoms. The standard InChI is InChI=1S/C24H24FN5O/c1-17-22(7-10-30(17)21-5-8-27-9-6-21)24(19-3-4-23(25)20(15-19)16-26)28-18(2)29-11-13-31-14-12-29/h3-6,8-9,15H,1,7,10-14H2,2H3/b24-22-,28-18+. The number of anilines is 1. The molecule has 2 aromatic rings. The number of hydrogen-bond acceptors (Lipinski definition) is 5. The summed E-state index contributed by atoms with van der Waals surface area (Å²) in [5.74, 6) is 0.330. The number of allylic oxidation sites excluding steroid dienone is 1. The van der Waals surface area contributed by atoms with Gasteiger partial charge in [0, 0.05) is 54.5 Å². The van der Waals surface area contributed by atoms with E-state index in [1.807, 2.05) is 25.1 Å². The van der Waals surface area contributed by atoms with Crippen molar-refractivity contribution in [1.82, 2.24) is 9.88 Å². The topological polar surface area (TPSA) is 64.8 Å². The van der Waals surface area contributed by atoms with Crippen LogP contribution in [0.5, 0.6) is 0 Å². The second kappa shape index (κ2) is 9.11. The average molecular weight is 417 g/mol. The molecule has 3 heterocycles. The highest BCUT2D eigenvalue weighted by Crippen LogP contribution is 2.37. The van der Waals surface area contributed by atoms with E-state index in [0.29, 0.717) is 18.8 Å². The van der Waals surface area contributed by atoms with E-state index >= 15 is 0 Å². The molecule has 2 aliphatic rings. The molecule has 0 amide bonds. The smallest absolute Gasteiger partial charge is 0.140 e. The van der Waals surface area contributed by atoms with Crippen molar-refractivity contribution < 1.29 is 9.13 Å². The highest BCUT2D eigenvalue weighted by Gasteiger charge is 2.26. The molecule has 31 heavy (non-hydrogen) atoms. The summed E-state index contributed by atoms with van der Waals surface area (Å²) < 4.78 is 19.4. The van der Waals surface area contributed by atoms with Crippen molar-refractivity contribution in [1.29, 1.82) is 5.26 Å². The summed E-state index contributed by atoms with van der Waals surface area (Å²) in [6.45, 7) is 9.93. The molecule has 6 nitrogen and oxygen atoms in total. The first kappa shape index (κ1) is 20.8. The van der Waals surface area contributed by atoms with Gasteiger partial charge in [0.1, 0.15) is 17.7 Å². The van der Waals surface area contributed by atoms with Gasteiger partial charge < -0.3 is 14.5 Å². The van der Waals surface area contributed by atoms with Crippen molar-refractivity contribution in [3.63, 3.8) is 0 Å². The lowest BCUT2D eigenvalue weighted by molar-refractivity contribution is 0.0678. The van der Waals surface area contributed by atoms with E-state index in [1.54, 1.807) is 24.5 Å². The van der Waals surface area contributed by atoms with E-state index < -0.39 is 5.82 Å². The third-order valence-corrected chi connectivity index (χ3v) is 5.62. The lowest BCUT2D eigenvalue weighted by Gasteiger charge is -2.28. The summed E-state index contributed by atoms with van der Waals surface area (Å²) in [5.41, 5.74) is 4.28. The van der Waals surface area contributed by atoms with Crippen LogP contribution in [0, 0.1) is 17.1 Å². The fourth-order valence-corrected chi connectivity index (χ4v) is 3.91. The summed E-state index contributed by atoms with van der Waals surface area (Å²) in [5, 5.41) is 9.32. The van der Waals surface area contributed by atoms with Gasteiger partial charge in [-0.15, -0.1) is 0 Å². The summed E-state index contributed by atoms with van der Waals surface area (Å²) in [6, 6.07) is 10.4. The number of aromatic nitrogens is 1. The fraction of sp³-hybridized carbons (Fsp3) is 0.292. The van der Waals surface area contributed by atoms with Crippen LogP contribution in [0.3, 0.4) is 0 Å². The number of benzene rings is 1. The van der Waals surface area contributed by atoms with Crippen molar-refractivity contribution in [2.24, 2.45) is 4.99 Å². The first-order valence-corrected chi connectivity index (χ1v) is 10.3. The van der Waals surface area contributed by atoms with Crippen molar-refractivity contribution in [2.75, 3.05) is 37.7 Å². The minimum atomic E-state index is -0.534. The van der Waals surface area contributed by atoms with Crippen molar-refractivity contribution >= 4 is 17.2 Å². The van der Waals surface area contributed by atoms with Gasteiger partial charge in [-0.2, -0.15) is 5.26 Å². The van der Waals surface area contributed by atoms with Gasteiger partial charge in [-0.25, -0.2) is 9.38 Å². The maximum atomic E-state index is 14.0.